The molecule has 1 fully saturated rings. The molecule has 8 nitrogen and oxygen atoms in total. The van der Waals surface area contributed by atoms with Gasteiger partial charge in [-0.25, -0.2) is 4.99 Å². The number of nitrogens with zero attached hydrogens (tertiary/aromatic N) is 5. The predicted octanol–water partition coefficient (Wildman–Crippen LogP) is 0.684. The molecule has 1 aliphatic rings. The quantitative estimate of drug-likeness (QED) is 0.273. The lowest BCUT2D eigenvalue weighted by atomic mass is 10.0. The Kier molecular flexibility index (Phi) is 10.7. The van der Waals surface area contributed by atoms with Crippen molar-refractivity contribution in [2.75, 3.05) is 59.4 Å². The lowest BCUT2D eigenvalue weighted by molar-refractivity contribution is 0.0671. The molecular weight excluding hydrogens is 469 g/mol. The lowest BCUT2D eigenvalue weighted by Crippen LogP contribution is -2.47. The third-order valence-corrected chi connectivity index (χ3v) is 5.00. The molecule has 0 saturated carbocycles. The minimum absolute atomic E-state index is 0. The van der Waals surface area contributed by atoms with E-state index >= 15 is 0 Å². The molecule has 28 heavy (non-hydrogen) atoms. The number of guanidine groups is 1. The van der Waals surface area contributed by atoms with Crippen molar-refractivity contribution in [3.63, 3.8) is 0 Å². The number of rotatable bonds is 8. The number of likely N-dealkylation sites (N-methyl/N-ethyl adjacent to an activating group) is 1. The molecule has 0 aromatic carbocycles. The van der Waals surface area contributed by atoms with Crippen molar-refractivity contribution in [1.29, 1.82) is 0 Å². The maximum absolute atomic E-state index is 10.7. The fourth-order valence-electron chi connectivity index (χ4n) is 3.17. The van der Waals surface area contributed by atoms with Crippen molar-refractivity contribution in [3.05, 3.63) is 18.0 Å². The Morgan fingerprint density at radius 2 is 1.96 bits per heavy atom. The molecule has 9 heteroatoms. The molecule has 0 spiro atoms. The van der Waals surface area contributed by atoms with Crippen LogP contribution in [0.5, 0.6) is 0 Å². The molecule has 0 amide bonds. The molecule has 2 unspecified atom stereocenters. The van der Waals surface area contributed by atoms with Crippen LogP contribution in [0.1, 0.15) is 26.3 Å². The van der Waals surface area contributed by atoms with E-state index in [0.29, 0.717) is 5.92 Å². The van der Waals surface area contributed by atoms with Crippen molar-refractivity contribution >= 4 is 29.9 Å². The summed E-state index contributed by atoms with van der Waals surface area (Å²) in [6, 6.07) is 0. The van der Waals surface area contributed by atoms with E-state index in [-0.39, 0.29) is 30.5 Å². The fraction of sp³-hybridized carbons (Fsp3) is 0.789. The van der Waals surface area contributed by atoms with Gasteiger partial charge in [0.05, 0.1) is 12.7 Å². The zero-order valence-corrected chi connectivity index (χ0v) is 20.3. The van der Waals surface area contributed by atoms with Gasteiger partial charge in [0, 0.05) is 64.6 Å². The Balaban J connectivity index is 0.00000392. The number of aliphatic hydroxyl groups is 1. The summed E-state index contributed by atoms with van der Waals surface area (Å²) in [4.78, 5) is 9.50. The Hall–Kier alpha value is -0.910. The molecule has 162 valence electrons. The van der Waals surface area contributed by atoms with Gasteiger partial charge in [-0.1, -0.05) is 6.92 Å². The Morgan fingerprint density at radius 3 is 2.54 bits per heavy atom. The van der Waals surface area contributed by atoms with E-state index in [0.717, 1.165) is 57.3 Å². The SMILES string of the molecule is CCNC(=NCC(C)(O)c1cnn(C)c1)NCC(C)CN1CCN(C)CC1.I. The summed E-state index contributed by atoms with van der Waals surface area (Å²) in [5, 5.41) is 21.5. The number of hydrogen-bond donors (Lipinski definition) is 3. The Labute approximate surface area is 186 Å². The highest BCUT2D eigenvalue weighted by Gasteiger charge is 2.24. The van der Waals surface area contributed by atoms with Crippen molar-refractivity contribution < 1.29 is 5.11 Å². The van der Waals surface area contributed by atoms with Gasteiger partial charge in [-0.15, -0.1) is 24.0 Å². The van der Waals surface area contributed by atoms with Crippen molar-refractivity contribution in [2.24, 2.45) is 18.0 Å². The predicted molar refractivity (Wildman–Crippen MR) is 125 cm³/mol. The molecule has 1 aliphatic heterocycles. The van der Waals surface area contributed by atoms with Crippen molar-refractivity contribution in [2.45, 2.75) is 26.4 Å². The first-order valence-electron chi connectivity index (χ1n) is 9.94. The van der Waals surface area contributed by atoms with Crippen LogP contribution in [-0.4, -0.2) is 90.1 Å². The van der Waals surface area contributed by atoms with Crippen molar-refractivity contribution in [3.8, 4) is 0 Å². The van der Waals surface area contributed by atoms with Gasteiger partial charge in [-0.05, 0) is 26.8 Å². The summed E-state index contributed by atoms with van der Waals surface area (Å²) < 4.78 is 1.69. The summed E-state index contributed by atoms with van der Waals surface area (Å²) in [6.07, 6.45) is 3.52. The van der Waals surface area contributed by atoms with Crippen LogP contribution in [0.3, 0.4) is 0 Å². The van der Waals surface area contributed by atoms with E-state index in [1.165, 1.54) is 0 Å². The number of piperazine rings is 1. The number of nitrogens with one attached hydrogen (secondary N) is 2. The normalized spacial score (nSPS) is 19.6. The third-order valence-electron chi connectivity index (χ3n) is 5.00. The van der Waals surface area contributed by atoms with Crippen LogP contribution in [-0.2, 0) is 12.6 Å². The highest BCUT2D eigenvalue weighted by atomic mass is 127. The zero-order chi connectivity index (χ0) is 19.9. The number of hydrogen-bond acceptors (Lipinski definition) is 5. The first kappa shape index (κ1) is 25.1. The highest BCUT2D eigenvalue weighted by molar-refractivity contribution is 14.0. The average molecular weight is 507 g/mol. The topological polar surface area (TPSA) is 80.9 Å². The minimum atomic E-state index is -1.04. The molecule has 2 atom stereocenters. The van der Waals surface area contributed by atoms with Crippen LogP contribution in [0, 0.1) is 5.92 Å². The van der Waals surface area contributed by atoms with Crippen molar-refractivity contribution in [1.82, 2.24) is 30.2 Å². The smallest absolute Gasteiger partial charge is 0.191 e. The first-order chi connectivity index (χ1) is 12.8. The zero-order valence-electron chi connectivity index (χ0n) is 18.0. The van der Waals surface area contributed by atoms with Gasteiger partial charge in [0.15, 0.2) is 5.96 Å². The van der Waals surface area contributed by atoms with Crippen LogP contribution in [0.4, 0.5) is 0 Å². The second-order valence-corrected chi connectivity index (χ2v) is 7.96. The second-order valence-electron chi connectivity index (χ2n) is 7.96. The molecule has 0 aliphatic carbocycles. The monoisotopic (exact) mass is 507 g/mol. The largest absolute Gasteiger partial charge is 0.383 e. The summed E-state index contributed by atoms with van der Waals surface area (Å²) in [7, 11) is 4.03. The second kappa shape index (κ2) is 11.9. The lowest BCUT2D eigenvalue weighted by Gasteiger charge is -2.34. The van der Waals surface area contributed by atoms with Crippen LogP contribution < -0.4 is 10.6 Å². The summed E-state index contributed by atoms with van der Waals surface area (Å²) >= 11 is 0. The van der Waals surface area contributed by atoms with Gasteiger partial charge in [-0.2, -0.15) is 5.10 Å². The molecule has 0 bridgehead atoms. The molecule has 1 aromatic rings. The van der Waals surface area contributed by atoms with E-state index in [4.69, 9.17) is 0 Å². The van der Waals surface area contributed by atoms with Crippen LogP contribution >= 0.6 is 24.0 Å². The fourth-order valence-corrected chi connectivity index (χ4v) is 3.17. The Morgan fingerprint density at radius 1 is 1.29 bits per heavy atom. The van der Waals surface area contributed by atoms with Crippen LogP contribution in [0.25, 0.3) is 0 Å². The summed E-state index contributed by atoms with van der Waals surface area (Å²) in [5.41, 5.74) is -0.268. The third kappa shape index (κ3) is 8.22. The molecule has 1 aromatic heterocycles. The average Bonchev–Trinajstić information content (AvgIpc) is 3.07. The molecular formula is C19H38IN7O. The van der Waals surface area contributed by atoms with E-state index in [1.54, 1.807) is 17.8 Å². The Bertz CT molecular complexity index is 597. The van der Waals surface area contributed by atoms with Gasteiger partial charge in [0.1, 0.15) is 5.60 Å². The van der Waals surface area contributed by atoms with E-state index in [1.807, 2.05) is 20.2 Å². The number of aromatic nitrogens is 2. The molecule has 0 radical (unpaired) electrons. The van der Waals surface area contributed by atoms with E-state index in [2.05, 4.69) is 44.5 Å². The molecule has 1 saturated heterocycles. The standard InChI is InChI=1S/C19H37N7O.HI/c1-6-20-18(22-15-19(3,27)17-12-23-25(5)14-17)21-11-16(2)13-26-9-7-24(4)8-10-26;/h12,14,16,27H,6-11,13,15H2,1-5H3,(H2,20,21,22);1H. The van der Waals surface area contributed by atoms with E-state index < -0.39 is 5.60 Å². The van der Waals surface area contributed by atoms with Gasteiger partial charge in [0.2, 0.25) is 0 Å². The summed E-state index contributed by atoms with van der Waals surface area (Å²) in [6.45, 7) is 13.7. The maximum atomic E-state index is 10.7. The summed E-state index contributed by atoms with van der Waals surface area (Å²) in [5.74, 6) is 1.27. The highest BCUT2D eigenvalue weighted by Crippen LogP contribution is 2.19. The maximum Gasteiger partial charge on any atom is 0.191 e. The molecule has 2 heterocycles. The van der Waals surface area contributed by atoms with Gasteiger partial charge in [0.25, 0.3) is 0 Å². The molecule has 2 rings (SSSR count). The number of aryl methyl sites for hydroxylation is 1. The first-order valence-corrected chi connectivity index (χ1v) is 9.94. The van der Waals surface area contributed by atoms with Gasteiger partial charge >= 0.3 is 0 Å². The van der Waals surface area contributed by atoms with Gasteiger partial charge in [-0.3, -0.25) is 4.68 Å². The minimum Gasteiger partial charge on any atom is -0.383 e. The van der Waals surface area contributed by atoms with Crippen LogP contribution in [0.2, 0.25) is 0 Å². The molecule has 3 N–H and O–H groups in total. The van der Waals surface area contributed by atoms with E-state index in [9.17, 15) is 5.11 Å². The van der Waals surface area contributed by atoms with Crippen LogP contribution in [0.15, 0.2) is 17.4 Å². The van der Waals surface area contributed by atoms with Gasteiger partial charge < -0.3 is 25.5 Å². The number of halogens is 1. The number of aliphatic imine (C=N–C) groups is 1.